The van der Waals surface area contributed by atoms with Crippen LogP contribution in [-0.4, -0.2) is 60.5 Å². The standard InChI is InChI=1S/C47H86NO9P/c1-3-5-7-9-11-13-15-17-19-20-21-22-23-24-25-27-29-31-33-35-37-39-46(49)57-44(42-55-58(52,53)56-43-45(48)47(50)51)41-54-40-38-36-34-32-30-28-26-18-16-14-12-10-8-6-4-2/h10,12,15-18,20-21,44-45H,3-9,11,13-14,19,22-43,48H2,1-2H3,(H,50,51)(H,52,53)/b12-10-,17-15-,18-16-,21-20-. The lowest BCUT2D eigenvalue weighted by Gasteiger charge is -2.20. The smallest absolute Gasteiger partial charge is 0.472 e. The summed E-state index contributed by atoms with van der Waals surface area (Å²) in [5, 5.41) is 8.90. The first-order valence-corrected chi connectivity index (χ1v) is 24.7. The lowest BCUT2D eigenvalue weighted by Crippen LogP contribution is -2.34. The van der Waals surface area contributed by atoms with E-state index in [0.29, 0.717) is 13.0 Å². The van der Waals surface area contributed by atoms with Gasteiger partial charge in [0.1, 0.15) is 12.1 Å². The normalized spacial score (nSPS) is 14.3. The summed E-state index contributed by atoms with van der Waals surface area (Å²) in [6, 6.07) is -1.48. The van der Waals surface area contributed by atoms with E-state index in [1.54, 1.807) is 0 Å². The van der Waals surface area contributed by atoms with Gasteiger partial charge in [-0.3, -0.25) is 18.6 Å². The van der Waals surface area contributed by atoms with E-state index >= 15 is 0 Å². The summed E-state index contributed by atoms with van der Waals surface area (Å²) in [7, 11) is -4.62. The molecule has 58 heavy (non-hydrogen) atoms. The van der Waals surface area contributed by atoms with Crippen LogP contribution in [0.15, 0.2) is 48.6 Å². The van der Waals surface area contributed by atoms with E-state index in [1.165, 1.54) is 109 Å². The third-order valence-electron chi connectivity index (χ3n) is 9.83. The van der Waals surface area contributed by atoms with Crippen molar-refractivity contribution in [3.63, 3.8) is 0 Å². The molecule has 0 saturated carbocycles. The van der Waals surface area contributed by atoms with Gasteiger partial charge in [-0.05, 0) is 70.6 Å². The second-order valence-electron chi connectivity index (χ2n) is 15.5. The molecule has 0 heterocycles. The molecular weight excluding hydrogens is 753 g/mol. The molecule has 4 N–H and O–H groups in total. The molecule has 3 unspecified atom stereocenters. The molecule has 0 rings (SSSR count). The fourth-order valence-electron chi connectivity index (χ4n) is 6.18. The third kappa shape index (κ3) is 42.1. The molecular formula is C47H86NO9P. The molecule has 0 aliphatic carbocycles. The number of phosphoric acid groups is 1. The number of unbranched alkanes of at least 4 members (excludes halogenated alkanes) is 22. The van der Waals surface area contributed by atoms with Crippen molar-refractivity contribution >= 4 is 19.8 Å². The first kappa shape index (κ1) is 55.9. The van der Waals surface area contributed by atoms with Gasteiger partial charge in [-0.2, -0.15) is 0 Å². The number of phosphoric ester groups is 1. The van der Waals surface area contributed by atoms with Gasteiger partial charge in [0, 0.05) is 13.0 Å². The summed E-state index contributed by atoms with van der Waals surface area (Å²) in [5.74, 6) is -1.79. The van der Waals surface area contributed by atoms with Crippen LogP contribution in [-0.2, 0) is 32.7 Å². The zero-order chi connectivity index (χ0) is 42.6. The fourth-order valence-corrected chi connectivity index (χ4v) is 6.96. The molecule has 11 heteroatoms. The highest BCUT2D eigenvalue weighted by atomic mass is 31.2. The van der Waals surface area contributed by atoms with Crippen molar-refractivity contribution in [3.05, 3.63) is 48.6 Å². The summed E-state index contributed by atoms with van der Waals surface area (Å²) < 4.78 is 33.4. The molecule has 0 spiro atoms. The van der Waals surface area contributed by atoms with E-state index in [4.69, 9.17) is 29.4 Å². The minimum Gasteiger partial charge on any atom is -0.480 e. The van der Waals surface area contributed by atoms with Crippen LogP contribution in [0.5, 0.6) is 0 Å². The molecule has 0 aliphatic rings. The first-order valence-electron chi connectivity index (χ1n) is 23.2. The lowest BCUT2D eigenvalue weighted by molar-refractivity contribution is -0.154. The molecule has 0 fully saturated rings. The van der Waals surface area contributed by atoms with Crippen molar-refractivity contribution in [3.8, 4) is 0 Å². The van der Waals surface area contributed by atoms with Gasteiger partial charge in [0.15, 0.2) is 0 Å². The summed E-state index contributed by atoms with van der Waals surface area (Å²) in [6.07, 6.45) is 50.1. The van der Waals surface area contributed by atoms with Crippen molar-refractivity contribution in [1.82, 2.24) is 0 Å². The molecule has 0 bridgehead atoms. The maximum Gasteiger partial charge on any atom is 0.472 e. The Morgan fingerprint density at radius 3 is 1.45 bits per heavy atom. The average Bonchev–Trinajstić information content (AvgIpc) is 3.20. The Kier molecular flexibility index (Phi) is 41.5. The van der Waals surface area contributed by atoms with Crippen molar-refractivity contribution in [2.24, 2.45) is 5.73 Å². The van der Waals surface area contributed by atoms with E-state index in [-0.39, 0.29) is 13.0 Å². The number of carboxylic acids is 1. The van der Waals surface area contributed by atoms with Crippen LogP contribution >= 0.6 is 7.82 Å². The largest absolute Gasteiger partial charge is 0.480 e. The van der Waals surface area contributed by atoms with Gasteiger partial charge in [0.25, 0.3) is 0 Å². The van der Waals surface area contributed by atoms with Gasteiger partial charge < -0.3 is 25.2 Å². The number of nitrogens with two attached hydrogens (primary N) is 1. The molecule has 0 saturated heterocycles. The van der Waals surface area contributed by atoms with Gasteiger partial charge >= 0.3 is 19.8 Å². The Labute approximate surface area is 354 Å². The molecule has 10 nitrogen and oxygen atoms in total. The van der Waals surface area contributed by atoms with Crippen LogP contribution < -0.4 is 5.73 Å². The number of esters is 1. The molecule has 338 valence electrons. The van der Waals surface area contributed by atoms with Crippen LogP contribution in [0.4, 0.5) is 0 Å². The monoisotopic (exact) mass is 840 g/mol. The van der Waals surface area contributed by atoms with Crippen LogP contribution in [0.2, 0.25) is 0 Å². The number of hydrogen-bond acceptors (Lipinski definition) is 8. The topological polar surface area (TPSA) is 155 Å². The highest BCUT2D eigenvalue weighted by Gasteiger charge is 2.27. The molecule has 0 aliphatic heterocycles. The Hall–Kier alpha value is -2.07. The number of rotatable bonds is 44. The number of carbonyl (C=O) groups excluding carboxylic acids is 1. The fraction of sp³-hybridized carbons (Fsp3) is 0.787. The summed E-state index contributed by atoms with van der Waals surface area (Å²) >= 11 is 0. The summed E-state index contributed by atoms with van der Waals surface area (Å²) in [4.78, 5) is 33.6. The first-order chi connectivity index (χ1) is 28.2. The van der Waals surface area contributed by atoms with E-state index in [2.05, 4.69) is 62.5 Å². The van der Waals surface area contributed by atoms with E-state index < -0.39 is 45.1 Å². The van der Waals surface area contributed by atoms with Crippen molar-refractivity contribution in [1.29, 1.82) is 0 Å². The third-order valence-corrected chi connectivity index (χ3v) is 10.8. The van der Waals surface area contributed by atoms with Crippen LogP contribution in [0.1, 0.15) is 200 Å². The highest BCUT2D eigenvalue weighted by molar-refractivity contribution is 7.47. The summed E-state index contributed by atoms with van der Waals surface area (Å²) in [6.45, 7) is 3.81. The van der Waals surface area contributed by atoms with Crippen molar-refractivity contribution in [2.45, 2.75) is 212 Å². The number of carbonyl (C=O) groups is 2. The minimum absolute atomic E-state index is 0.00739. The van der Waals surface area contributed by atoms with E-state index in [9.17, 15) is 19.0 Å². The zero-order valence-electron chi connectivity index (χ0n) is 36.9. The highest BCUT2D eigenvalue weighted by Crippen LogP contribution is 2.43. The number of allylic oxidation sites excluding steroid dienone is 8. The number of hydrogen-bond donors (Lipinski definition) is 3. The lowest BCUT2D eigenvalue weighted by atomic mass is 10.1. The van der Waals surface area contributed by atoms with Crippen molar-refractivity contribution < 1.29 is 42.7 Å². The molecule has 0 amide bonds. The molecule has 0 aromatic carbocycles. The van der Waals surface area contributed by atoms with Gasteiger partial charge in [-0.25, -0.2) is 4.57 Å². The van der Waals surface area contributed by atoms with E-state index in [0.717, 1.165) is 64.2 Å². The maximum atomic E-state index is 12.7. The van der Waals surface area contributed by atoms with Gasteiger partial charge in [0.05, 0.1) is 19.8 Å². The van der Waals surface area contributed by atoms with Gasteiger partial charge in [0.2, 0.25) is 0 Å². The Morgan fingerprint density at radius 2 is 0.966 bits per heavy atom. The van der Waals surface area contributed by atoms with Crippen LogP contribution in [0.25, 0.3) is 0 Å². The summed E-state index contributed by atoms with van der Waals surface area (Å²) in [5.41, 5.74) is 5.36. The van der Waals surface area contributed by atoms with Crippen LogP contribution in [0.3, 0.4) is 0 Å². The number of aliphatic carboxylic acids is 1. The predicted octanol–water partition coefficient (Wildman–Crippen LogP) is 13.0. The SMILES string of the molecule is CCCC/C=C\C/C=C\CCCCCCCCOCC(COP(=O)(O)OCC(N)C(=O)O)OC(=O)CCCCCCCCCCC/C=C\C/C=C\CCCCCCC. The number of carboxylic acid groups (broad SMARTS) is 1. The van der Waals surface area contributed by atoms with Gasteiger partial charge in [-0.15, -0.1) is 0 Å². The minimum atomic E-state index is -4.62. The predicted molar refractivity (Wildman–Crippen MR) is 240 cm³/mol. The maximum absolute atomic E-state index is 12.7. The van der Waals surface area contributed by atoms with Crippen molar-refractivity contribution in [2.75, 3.05) is 26.4 Å². The number of ether oxygens (including phenoxy) is 2. The molecule has 0 aromatic heterocycles. The van der Waals surface area contributed by atoms with Gasteiger partial charge in [-0.1, -0.05) is 172 Å². The van der Waals surface area contributed by atoms with E-state index in [1.807, 2.05) is 0 Å². The average molecular weight is 840 g/mol. The quantitative estimate of drug-likeness (QED) is 0.0234. The molecule has 3 atom stereocenters. The van der Waals surface area contributed by atoms with Crippen LogP contribution in [0, 0.1) is 0 Å². The second kappa shape index (κ2) is 43.0. The molecule has 0 radical (unpaired) electrons. The second-order valence-corrected chi connectivity index (χ2v) is 17.0. The Bertz CT molecular complexity index is 1110. The zero-order valence-corrected chi connectivity index (χ0v) is 37.8. The Balaban J connectivity index is 4.21. The Morgan fingerprint density at radius 1 is 0.552 bits per heavy atom. The molecule has 0 aromatic rings.